The number of benzene rings is 3. The van der Waals surface area contributed by atoms with Gasteiger partial charge in [0.25, 0.3) is 11.8 Å². The molecule has 0 bridgehead atoms. The van der Waals surface area contributed by atoms with Gasteiger partial charge in [0.2, 0.25) is 10.0 Å². The maximum Gasteiger partial charge on any atom is 0.318 e. The molecule has 0 atom stereocenters. The lowest BCUT2D eigenvalue weighted by Gasteiger charge is -2.28. The second kappa shape index (κ2) is 8.25. The van der Waals surface area contributed by atoms with E-state index in [1.807, 2.05) is 0 Å². The number of hydrogen-bond donors (Lipinski definition) is 0. The van der Waals surface area contributed by atoms with Crippen LogP contribution in [0.1, 0.15) is 20.7 Å². The molecule has 2 amide bonds. The molecule has 3 aromatic carbocycles. The Balaban J connectivity index is 1.60. The van der Waals surface area contributed by atoms with Gasteiger partial charge >= 0.3 is 10.1 Å². The molecule has 34 heavy (non-hydrogen) atoms. The van der Waals surface area contributed by atoms with Crippen LogP contribution >= 0.6 is 0 Å². The Morgan fingerprint density at radius 3 is 2.09 bits per heavy atom. The van der Waals surface area contributed by atoms with Crippen molar-refractivity contribution < 1.29 is 35.4 Å². The SMILES string of the molecule is O=C1c2cccc3c(S(=O)(=O)N4CCOCC4)ccc(c23)C(=O)N1OS(=O)(=O)c1ccccc1. The van der Waals surface area contributed by atoms with Gasteiger partial charge < -0.3 is 4.74 Å². The van der Waals surface area contributed by atoms with Crippen LogP contribution in [0.4, 0.5) is 0 Å². The van der Waals surface area contributed by atoms with Crippen LogP contribution < -0.4 is 0 Å². The molecule has 2 aliphatic rings. The van der Waals surface area contributed by atoms with Crippen molar-refractivity contribution >= 4 is 42.7 Å². The first-order chi connectivity index (χ1) is 16.2. The largest absolute Gasteiger partial charge is 0.379 e. The number of morpholine rings is 1. The average molecular weight is 503 g/mol. The lowest BCUT2D eigenvalue weighted by molar-refractivity contribution is -0.0155. The summed E-state index contributed by atoms with van der Waals surface area (Å²) < 4.78 is 63.3. The highest BCUT2D eigenvalue weighted by Crippen LogP contribution is 2.35. The number of rotatable bonds is 5. The third kappa shape index (κ3) is 3.60. The second-order valence-electron chi connectivity index (χ2n) is 7.60. The summed E-state index contributed by atoms with van der Waals surface area (Å²) in [4.78, 5) is 26.0. The minimum atomic E-state index is -4.47. The first kappa shape index (κ1) is 22.6. The summed E-state index contributed by atoms with van der Waals surface area (Å²) in [5.41, 5.74) is -0.0937. The molecule has 0 saturated carbocycles. The highest BCUT2D eigenvalue weighted by atomic mass is 32.2. The number of carbonyl (C=O) groups is 2. The maximum absolute atomic E-state index is 13.3. The van der Waals surface area contributed by atoms with Gasteiger partial charge in [-0.2, -0.15) is 12.7 Å². The van der Waals surface area contributed by atoms with Gasteiger partial charge in [0.15, 0.2) is 0 Å². The van der Waals surface area contributed by atoms with Crippen LogP contribution in [0.5, 0.6) is 0 Å². The molecule has 2 heterocycles. The predicted molar refractivity (Wildman–Crippen MR) is 119 cm³/mol. The Kier molecular flexibility index (Phi) is 5.49. The molecule has 0 spiro atoms. The van der Waals surface area contributed by atoms with E-state index in [9.17, 15) is 26.4 Å². The fourth-order valence-electron chi connectivity index (χ4n) is 3.99. The molecule has 0 aliphatic carbocycles. The van der Waals surface area contributed by atoms with Crippen molar-refractivity contribution in [3.05, 3.63) is 71.8 Å². The summed E-state index contributed by atoms with van der Waals surface area (Å²) in [5.74, 6) is -2.02. The van der Waals surface area contributed by atoms with Crippen molar-refractivity contribution in [1.82, 2.24) is 9.37 Å². The van der Waals surface area contributed by atoms with Gasteiger partial charge in [0.1, 0.15) is 0 Å². The number of nitrogens with zero attached hydrogens (tertiary/aromatic N) is 2. The molecular weight excluding hydrogens is 484 g/mol. The number of hydroxylamine groups is 2. The molecule has 12 heteroatoms. The van der Waals surface area contributed by atoms with E-state index in [4.69, 9.17) is 9.02 Å². The molecular formula is C22H18N2O8S2. The average Bonchev–Trinajstić information content (AvgIpc) is 2.85. The Hall–Kier alpha value is -3.16. The number of sulfonamides is 1. The number of imide groups is 1. The molecule has 0 aromatic heterocycles. The van der Waals surface area contributed by atoms with Gasteiger partial charge in [-0.25, -0.2) is 8.42 Å². The van der Waals surface area contributed by atoms with E-state index in [2.05, 4.69) is 0 Å². The van der Waals surface area contributed by atoms with E-state index in [0.29, 0.717) is 0 Å². The van der Waals surface area contributed by atoms with E-state index < -0.39 is 32.0 Å². The Morgan fingerprint density at radius 2 is 1.41 bits per heavy atom. The van der Waals surface area contributed by atoms with Crippen molar-refractivity contribution in [3.8, 4) is 0 Å². The minimum absolute atomic E-state index is 0.0469. The third-order valence-corrected chi connectivity index (χ3v) is 8.77. The highest BCUT2D eigenvalue weighted by molar-refractivity contribution is 7.89. The number of amides is 2. The van der Waals surface area contributed by atoms with Gasteiger partial charge in [0, 0.05) is 23.9 Å². The lowest BCUT2D eigenvalue weighted by Crippen LogP contribution is -2.42. The first-order valence-corrected chi connectivity index (χ1v) is 13.1. The van der Waals surface area contributed by atoms with Gasteiger partial charge in [-0.3, -0.25) is 9.59 Å². The van der Waals surface area contributed by atoms with Crippen LogP contribution in [0.3, 0.4) is 0 Å². The summed E-state index contributed by atoms with van der Waals surface area (Å²) in [6, 6.07) is 14.0. The summed E-state index contributed by atoms with van der Waals surface area (Å²) in [7, 11) is -8.40. The Morgan fingerprint density at radius 1 is 0.765 bits per heavy atom. The van der Waals surface area contributed by atoms with E-state index >= 15 is 0 Å². The summed E-state index contributed by atoms with van der Waals surface area (Å²) in [6.07, 6.45) is 0. The lowest BCUT2D eigenvalue weighted by atomic mass is 9.95. The van der Waals surface area contributed by atoms with Gasteiger partial charge in [-0.15, -0.1) is 9.35 Å². The fraction of sp³-hybridized carbons (Fsp3) is 0.182. The van der Waals surface area contributed by atoms with Gasteiger partial charge in [-0.05, 0) is 30.3 Å². The van der Waals surface area contributed by atoms with Crippen molar-refractivity contribution in [2.75, 3.05) is 26.3 Å². The van der Waals surface area contributed by atoms with Crippen LogP contribution in [0, 0.1) is 0 Å². The summed E-state index contributed by atoms with van der Waals surface area (Å²) in [5, 5.41) is 0.507. The third-order valence-electron chi connectivity index (χ3n) is 5.62. The van der Waals surface area contributed by atoms with E-state index in [-0.39, 0.29) is 63.1 Å². The molecule has 5 rings (SSSR count). The van der Waals surface area contributed by atoms with E-state index in [0.717, 1.165) is 0 Å². The van der Waals surface area contributed by atoms with E-state index in [1.54, 1.807) is 6.07 Å². The van der Waals surface area contributed by atoms with Crippen LogP contribution in [0.25, 0.3) is 10.8 Å². The number of ether oxygens (including phenoxy) is 1. The summed E-state index contributed by atoms with van der Waals surface area (Å²) >= 11 is 0. The highest BCUT2D eigenvalue weighted by Gasteiger charge is 2.39. The molecule has 176 valence electrons. The fourth-order valence-corrected chi connectivity index (χ4v) is 6.50. The van der Waals surface area contributed by atoms with Crippen molar-refractivity contribution in [1.29, 1.82) is 0 Å². The van der Waals surface area contributed by atoms with E-state index in [1.165, 1.54) is 58.9 Å². The molecule has 3 aromatic rings. The molecule has 1 fully saturated rings. The van der Waals surface area contributed by atoms with Crippen LogP contribution in [0.2, 0.25) is 0 Å². The zero-order valence-corrected chi connectivity index (χ0v) is 19.2. The van der Waals surface area contributed by atoms with Crippen molar-refractivity contribution in [2.24, 2.45) is 0 Å². The van der Waals surface area contributed by atoms with Gasteiger partial charge in [0.05, 0.1) is 34.1 Å². The van der Waals surface area contributed by atoms with Crippen molar-refractivity contribution in [3.63, 3.8) is 0 Å². The normalized spacial score (nSPS) is 17.4. The minimum Gasteiger partial charge on any atom is -0.379 e. The smallest absolute Gasteiger partial charge is 0.318 e. The Labute approximate surface area is 195 Å². The first-order valence-electron chi connectivity index (χ1n) is 10.2. The maximum atomic E-state index is 13.3. The summed E-state index contributed by atoms with van der Waals surface area (Å²) in [6.45, 7) is 0.892. The quantitative estimate of drug-likeness (QED) is 0.483. The molecule has 0 unspecified atom stereocenters. The van der Waals surface area contributed by atoms with Crippen LogP contribution in [-0.4, -0.2) is 64.3 Å². The van der Waals surface area contributed by atoms with Crippen LogP contribution in [-0.2, 0) is 29.2 Å². The molecule has 10 nitrogen and oxygen atoms in total. The zero-order chi connectivity index (χ0) is 24.1. The molecule has 2 aliphatic heterocycles. The zero-order valence-electron chi connectivity index (χ0n) is 17.6. The molecule has 1 saturated heterocycles. The Bertz CT molecular complexity index is 1510. The molecule has 0 radical (unpaired) electrons. The molecule has 0 N–H and O–H groups in total. The van der Waals surface area contributed by atoms with Crippen molar-refractivity contribution in [2.45, 2.75) is 9.79 Å². The van der Waals surface area contributed by atoms with Gasteiger partial charge in [-0.1, -0.05) is 30.3 Å². The predicted octanol–water partition coefficient (Wildman–Crippen LogP) is 1.78. The standard InChI is InChI=1S/C22H18N2O8S2/c25-21-17-8-4-7-16-19(33(27,28)23-11-13-31-14-12-23)10-9-18(20(16)17)22(26)24(21)32-34(29,30)15-5-2-1-3-6-15/h1-10H,11-14H2. The monoisotopic (exact) mass is 502 g/mol. The second-order valence-corrected chi connectivity index (χ2v) is 11.0. The van der Waals surface area contributed by atoms with Crippen LogP contribution in [0.15, 0.2) is 70.5 Å². The number of carbonyl (C=O) groups excluding carboxylic acids is 2. The number of hydrogen-bond acceptors (Lipinski definition) is 8. The topological polar surface area (TPSA) is 127 Å².